The number of carbonyl (C=O) groups excluding carboxylic acids is 1. The number of hydrogen-bond donors (Lipinski definition) is 1. The maximum atomic E-state index is 12.1. The van der Waals surface area contributed by atoms with Gasteiger partial charge in [-0.05, 0) is 37.2 Å². The lowest BCUT2D eigenvalue weighted by Crippen LogP contribution is -2.39. The molecule has 1 saturated carbocycles. The Morgan fingerprint density at radius 2 is 1.56 bits per heavy atom. The molecular formula is C13H23NOS. The highest BCUT2D eigenvalue weighted by Gasteiger charge is 2.23. The van der Waals surface area contributed by atoms with Gasteiger partial charge in [-0.1, -0.05) is 25.7 Å². The molecule has 0 aromatic carbocycles. The second-order valence-electron chi connectivity index (χ2n) is 5.08. The predicted octanol–water partition coefficient (Wildman–Crippen LogP) is 2.97. The van der Waals surface area contributed by atoms with Crippen LogP contribution in [0.15, 0.2) is 0 Å². The smallest absolute Gasteiger partial charge is 0.223 e. The first-order valence-electron chi connectivity index (χ1n) is 6.74. The van der Waals surface area contributed by atoms with E-state index in [1.807, 2.05) is 11.8 Å². The van der Waals surface area contributed by atoms with E-state index in [0.717, 1.165) is 12.8 Å². The van der Waals surface area contributed by atoms with Crippen molar-refractivity contribution in [3.63, 3.8) is 0 Å². The summed E-state index contributed by atoms with van der Waals surface area (Å²) in [5.41, 5.74) is 0. The van der Waals surface area contributed by atoms with Crippen LogP contribution in [-0.2, 0) is 4.79 Å². The third-order valence-corrected chi connectivity index (χ3v) is 4.84. The summed E-state index contributed by atoms with van der Waals surface area (Å²) < 4.78 is 0. The zero-order chi connectivity index (χ0) is 11.2. The van der Waals surface area contributed by atoms with Crippen molar-refractivity contribution in [1.82, 2.24) is 5.32 Å². The van der Waals surface area contributed by atoms with Gasteiger partial charge in [0.15, 0.2) is 0 Å². The van der Waals surface area contributed by atoms with Crippen molar-refractivity contribution < 1.29 is 4.79 Å². The Hall–Kier alpha value is -0.180. The van der Waals surface area contributed by atoms with Gasteiger partial charge in [-0.25, -0.2) is 0 Å². The monoisotopic (exact) mass is 241 g/mol. The molecule has 0 atom stereocenters. The van der Waals surface area contributed by atoms with E-state index in [-0.39, 0.29) is 0 Å². The van der Waals surface area contributed by atoms with Crippen LogP contribution in [0.3, 0.4) is 0 Å². The molecule has 1 saturated heterocycles. The summed E-state index contributed by atoms with van der Waals surface area (Å²) in [5.74, 6) is 2.99. The van der Waals surface area contributed by atoms with E-state index in [0.29, 0.717) is 17.9 Å². The molecule has 2 fully saturated rings. The Morgan fingerprint density at radius 3 is 2.19 bits per heavy atom. The molecule has 0 aromatic heterocycles. The minimum absolute atomic E-state index is 0.310. The number of nitrogens with one attached hydrogen (secondary N) is 1. The van der Waals surface area contributed by atoms with Gasteiger partial charge in [0.05, 0.1) is 0 Å². The van der Waals surface area contributed by atoms with Crippen LogP contribution in [0.5, 0.6) is 0 Å². The van der Waals surface area contributed by atoms with Crippen LogP contribution in [0, 0.1) is 5.92 Å². The summed E-state index contributed by atoms with van der Waals surface area (Å²) in [4.78, 5) is 12.1. The Kier molecular flexibility index (Phi) is 5.01. The highest BCUT2D eigenvalue weighted by atomic mass is 32.2. The molecule has 1 N–H and O–H groups in total. The van der Waals surface area contributed by atoms with Crippen molar-refractivity contribution >= 4 is 17.7 Å². The van der Waals surface area contributed by atoms with E-state index in [1.165, 1.54) is 50.0 Å². The van der Waals surface area contributed by atoms with Crippen LogP contribution in [0.2, 0.25) is 0 Å². The molecule has 92 valence electrons. The molecule has 16 heavy (non-hydrogen) atoms. The Morgan fingerprint density at radius 1 is 0.938 bits per heavy atom. The second kappa shape index (κ2) is 6.53. The summed E-state index contributed by atoms with van der Waals surface area (Å²) in [5, 5.41) is 3.28. The number of hydrogen-bond acceptors (Lipinski definition) is 2. The first-order valence-corrected chi connectivity index (χ1v) is 7.90. The second-order valence-corrected chi connectivity index (χ2v) is 6.31. The molecule has 0 unspecified atom stereocenters. The molecule has 1 amide bonds. The van der Waals surface area contributed by atoms with Gasteiger partial charge >= 0.3 is 0 Å². The standard InChI is InChI=1S/C13H23NOS/c15-13(11-7-9-16-10-8-11)14-12-5-3-1-2-4-6-12/h11-12H,1-10H2,(H,14,15). The third-order valence-electron chi connectivity index (χ3n) is 3.79. The first-order chi connectivity index (χ1) is 7.86. The van der Waals surface area contributed by atoms with Crippen molar-refractivity contribution in [2.75, 3.05) is 11.5 Å². The Balaban J connectivity index is 1.76. The number of rotatable bonds is 2. The largest absolute Gasteiger partial charge is 0.353 e. The minimum atomic E-state index is 0.310. The topological polar surface area (TPSA) is 29.1 Å². The molecular weight excluding hydrogens is 218 g/mol. The third kappa shape index (κ3) is 3.69. The Bertz CT molecular complexity index is 218. The quantitative estimate of drug-likeness (QED) is 0.753. The van der Waals surface area contributed by atoms with Gasteiger partial charge < -0.3 is 5.32 Å². The lowest BCUT2D eigenvalue weighted by Gasteiger charge is -2.24. The lowest BCUT2D eigenvalue weighted by molar-refractivity contribution is -0.126. The molecule has 0 bridgehead atoms. The van der Waals surface area contributed by atoms with Crippen molar-refractivity contribution in [3.8, 4) is 0 Å². The van der Waals surface area contributed by atoms with Gasteiger partial charge in [0.2, 0.25) is 5.91 Å². The van der Waals surface area contributed by atoms with Gasteiger partial charge in [-0.15, -0.1) is 0 Å². The van der Waals surface area contributed by atoms with Crippen molar-refractivity contribution in [1.29, 1.82) is 0 Å². The molecule has 1 heterocycles. The highest BCUT2D eigenvalue weighted by Crippen LogP contribution is 2.24. The van der Waals surface area contributed by atoms with Crippen LogP contribution in [0.1, 0.15) is 51.4 Å². The van der Waals surface area contributed by atoms with E-state index in [9.17, 15) is 4.79 Å². The van der Waals surface area contributed by atoms with Gasteiger partial charge in [-0.3, -0.25) is 4.79 Å². The first kappa shape index (κ1) is 12.3. The van der Waals surface area contributed by atoms with Crippen molar-refractivity contribution in [2.45, 2.75) is 57.4 Å². The number of amides is 1. The highest BCUT2D eigenvalue weighted by molar-refractivity contribution is 7.99. The Labute approximate surface area is 103 Å². The van der Waals surface area contributed by atoms with Gasteiger partial charge in [0.1, 0.15) is 0 Å². The van der Waals surface area contributed by atoms with E-state index in [2.05, 4.69) is 5.32 Å². The summed E-state index contributed by atoms with van der Waals surface area (Å²) in [6.07, 6.45) is 9.88. The zero-order valence-electron chi connectivity index (χ0n) is 10.0. The fraction of sp³-hybridized carbons (Fsp3) is 0.923. The minimum Gasteiger partial charge on any atom is -0.353 e. The summed E-state index contributed by atoms with van der Waals surface area (Å²) in [7, 11) is 0. The summed E-state index contributed by atoms with van der Waals surface area (Å²) >= 11 is 1.99. The average Bonchev–Trinajstić information content (AvgIpc) is 2.59. The molecule has 2 aliphatic rings. The summed E-state index contributed by atoms with van der Waals surface area (Å²) in [6, 6.07) is 0.476. The predicted molar refractivity (Wildman–Crippen MR) is 69.7 cm³/mol. The molecule has 1 aliphatic heterocycles. The molecule has 0 radical (unpaired) electrons. The van der Waals surface area contributed by atoms with Gasteiger partial charge in [0.25, 0.3) is 0 Å². The average molecular weight is 241 g/mol. The van der Waals surface area contributed by atoms with E-state index in [1.54, 1.807) is 0 Å². The lowest BCUT2D eigenvalue weighted by atomic mass is 10.0. The number of carbonyl (C=O) groups is 1. The fourth-order valence-electron chi connectivity index (χ4n) is 2.70. The molecule has 1 aliphatic carbocycles. The maximum Gasteiger partial charge on any atom is 0.223 e. The van der Waals surface area contributed by atoms with Crippen LogP contribution in [0.4, 0.5) is 0 Å². The van der Waals surface area contributed by atoms with E-state index in [4.69, 9.17) is 0 Å². The van der Waals surface area contributed by atoms with E-state index >= 15 is 0 Å². The molecule has 2 nitrogen and oxygen atoms in total. The zero-order valence-corrected chi connectivity index (χ0v) is 10.9. The fourth-order valence-corrected chi connectivity index (χ4v) is 3.81. The normalized spacial score (nSPS) is 25.0. The van der Waals surface area contributed by atoms with Gasteiger partial charge in [0, 0.05) is 12.0 Å². The van der Waals surface area contributed by atoms with E-state index < -0.39 is 0 Å². The van der Waals surface area contributed by atoms with Crippen LogP contribution in [-0.4, -0.2) is 23.5 Å². The van der Waals surface area contributed by atoms with Gasteiger partial charge in [-0.2, -0.15) is 11.8 Å². The molecule has 0 spiro atoms. The molecule has 0 aromatic rings. The van der Waals surface area contributed by atoms with Crippen LogP contribution in [0.25, 0.3) is 0 Å². The SMILES string of the molecule is O=C(NC1CCCCCC1)C1CCSCC1. The maximum absolute atomic E-state index is 12.1. The van der Waals surface area contributed by atoms with Crippen molar-refractivity contribution in [3.05, 3.63) is 0 Å². The van der Waals surface area contributed by atoms with Crippen LogP contribution < -0.4 is 5.32 Å². The van der Waals surface area contributed by atoms with Crippen molar-refractivity contribution in [2.24, 2.45) is 5.92 Å². The number of thioether (sulfide) groups is 1. The molecule has 3 heteroatoms. The van der Waals surface area contributed by atoms with Crippen LogP contribution >= 0.6 is 11.8 Å². The summed E-state index contributed by atoms with van der Waals surface area (Å²) in [6.45, 7) is 0. The molecule has 2 rings (SSSR count).